The lowest BCUT2D eigenvalue weighted by molar-refractivity contribution is -0.117. The molecule has 0 aromatic heterocycles. The molecule has 0 spiro atoms. The van der Waals surface area contributed by atoms with Crippen LogP contribution in [0.3, 0.4) is 0 Å². The van der Waals surface area contributed by atoms with Crippen LogP contribution < -0.4 is 15.5 Å². The molecule has 2 unspecified atom stereocenters. The van der Waals surface area contributed by atoms with Crippen LogP contribution in [0.25, 0.3) is 0 Å². The number of benzene rings is 1. The zero-order valence-corrected chi connectivity index (χ0v) is 12.8. The van der Waals surface area contributed by atoms with Gasteiger partial charge in [-0.3, -0.25) is 4.79 Å². The van der Waals surface area contributed by atoms with Crippen molar-refractivity contribution in [2.45, 2.75) is 24.6 Å². The maximum atomic E-state index is 11.9. The van der Waals surface area contributed by atoms with E-state index < -0.39 is 0 Å². The van der Waals surface area contributed by atoms with Gasteiger partial charge in [-0.25, -0.2) is 0 Å². The van der Waals surface area contributed by atoms with Crippen LogP contribution in [0.1, 0.15) is 24.9 Å². The van der Waals surface area contributed by atoms with Gasteiger partial charge < -0.3 is 15.5 Å². The minimum atomic E-state index is -0.209. The quantitative estimate of drug-likeness (QED) is 0.896. The third kappa shape index (κ3) is 2.40. The number of thioether (sulfide) groups is 1. The minimum Gasteiger partial charge on any atom is -0.370 e. The predicted molar refractivity (Wildman–Crippen MR) is 85.6 cm³/mol. The summed E-state index contributed by atoms with van der Waals surface area (Å²) < 4.78 is 0. The van der Waals surface area contributed by atoms with Crippen molar-refractivity contribution < 1.29 is 4.79 Å². The molecule has 4 nitrogen and oxygen atoms in total. The maximum Gasteiger partial charge on any atom is 0.246 e. The fourth-order valence-corrected chi connectivity index (χ4v) is 4.11. The Labute approximate surface area is 124 Å². The molecule has 2 aliphatic heterocycles. The third-order valence-corrected chi connectivity index (χ3v) is 5.49. The number of anilines is 2. The summed E-state index contributed by atoms with van der Waals surface area (Å²) in [6.45, 7) is 4.44. The van der Waals surface area contributed by atoms with Crippen LogP contribution in [0.2, 0.25) is 0 Å². The minimum absolute atomic E-state index is 0.0419. The van der Waals surface area contributed by atoms with E-state index in [9.17, 15) is 4.79 Å². The predicted octanol–water partition coefficient (Wildman–Crippen LogP) is 2.23. The number of carbonyl (C=O) groups is 1. The number of rotatable bonds is 3. The molecule has 5 heteroatoms. The SMILES string of the molecule is CCC1CN(c2ccc3c(c2)NC(=O)C3NC)CCS1. The Bertz CT molecular complexity index is 520. The second-order valence-corrected chi connectivity index (χ2v) is 6.74. The van der Waals surface area contributed by atoms with Gasteiger partial charge in [-0.05, 0) is 25.6 Å². The largest absolute Gasteiger partial charge is 0.370 e. The summed E-state index contributed by atoms with van der Waals surface area (Å²) >= 11 is 2.07. The van der Waals surface area contributed by atoms with Gasteiger partial charge in [-0.15, -0.1) is 0 Å². The highest BCUT2D eigenvalue weighted by molar-refractivity contribution is 8.00. The van der Waals surface area contributed by atoms with Crippen LogP contribution >= 0.6 is 11.8 Å². The average Bonchev–Trinajstić information content (AvgIpc) is 2.81. The zero-order valence-electron chi connectivity index (χ0n) is 12.0. The van der Waals surface area contributed by atoms with Crippen molar-refractivity contribution in [3.05, 3.63) is 23.8 Å². The van der Waals surface area contributed by atoms with E-state index in [-0.39, 0.29) is 11.9 Å². The molecule has 3 rings (SSSR count). The van der Waals surface area contributed by atoms with Gasteiger partial charge in [0.15, 0.2) is 0 Å². The van der Waals surface area contributed by atoms with Crippen LogP contribution in [-0.2, 0) is 4.79 Å². The molecule has 1 aromatic carbocycles. The molecule has 1 aromatic rings. The highest BCUT2D eigenvalue weighted by atomic mass is 32.2. The normalized spacial score (nSPS) is 25.5. The van der Waals surface area contributed by atoms with E-state index in [2.05, 4.69) is 52.4 Å². The van der Waals surface area contributed by atoms with Crippen molar-refractivity contribution in [2.75, 3.05) is 36.1 Å². The Kier molecular flexibility index (Phi) is 3.89. The van der Waals surface area contributed by atoms with Gasteiger partial charge in [-0.1, -0.05) is 13.0 Å². The molecule has 2 N–H and O–H groups in total. The molecular weight excluding hydrogens is 270 g/mol. The zero-order chi connectivity index (χ0) is 14.1. The first-order valence-corrected chi connectivity index (χ1v) is 8.26. The van der Waals surface area contributed by atoms with Crippen LogP contribution in [-0.4, -0.2) is 37.0 Å². The molecule has 2 atom stereocenters. The van der Waals surface area contributed by atoms with Gasteiger partial charge in [0.05, 0.1) is 0 Å². The van der Waals surface area contributed by atoms with Crippen molar-refractivity contribution >= 4 is 29.0 Å². The molecule has 0 radical (unpaired) electrons. The molecule has 0 aliphatic carbocycles. The number of hydrogen-bond donors (Lipinski definition) is 2. The molecule has 2 heterocycles. The lowest BCUT2D eigenvalue weighted by Gasteiger charge is -2.34. The summed E-state index contributed by atoms with van der Waals surface area (Å²) in [6.07, 6.45) is 1.21. The number of likely N-dealkylation sites (N-methyl/N-ethyl adjacent to an activating group) is 1. The summed E-state index contributed by atoms with van der Waals surface area (Å²) in [4.78, 5) is 14.3. The Balaban J connectivity index is 1.83. The number of carbonyl (C=O) groups excluding carboxylic acids is 1. The second kappa shape index (κ2) is 5.66. The maximum absolute atomic E-state index is 11.9. The smallest absolute Gasteiger partial charge is 0.246 e. The Morgan fingerprint density at radius 1 is 1.50 bits per heavy atom. The van der Waals surface area contributed by atoms with Crippen LogP contribution in [0.4, 0.5) is 11.4 Å². The number of fused-ring (bicyclic) bond motifs is 1. The highest BCUT2D eigenvalue weighted by Gasteiger charge is 2.30. The van der Waals surface area contributed by atoms with Gasteiger partial charge in [0.2, 0.25) is 5.91 Å². The van der Waals surface area contributed by atoms with E-state index in [4.69, 9.17) is 0 Å². The summed E-state index contributed by atoms with van der Waals surface area (Å²) in [6, 6.07) is 6.13. The summed E-state index contributed by atoms with van der Waals surface area (Å²) in [5, 5.41) is 6.74. The number of hydrogen-bond acceptors (Lipinski definition) is 4. The first-order valence-electron chi connectivity index (χ1n) is 7.21. The lowest BCUT2D eigenvalue weighted by Crippen LogP contribution is -2.37. The molecule has 0 bridgehead atoms. The molecule has 20 heavy (non-hydrogen) atoms. The number of nitrogens with one attached hydrogen (secondary N) is 2. The molecule has 2 aliphatic rings. The Morgan fingerprint density at radius 3 is 3.10 bits per heavy atom. The van der Waals surface area contributed by atoms with Crippen molar-refractivity contribution in [2.24, 2.45) is 0 Å². The van der Waals surface area contributed by atoms with Crippen molar-refractivity contribution in [3.8, 4) is 0 Å². The van der Waals surface area contributed by atoms with Gasteiger partial charge in [0, 0.05) is 41.0 Å². The van der Waals surface area contributed by atoms with Gasteiger partial charge in [0.25, 0.3) is 0 Å². The van der Waals surface area contributed by atoms with Crippen molar-refractivity contribution in [3.63, 3.8) is 0 Å². The number of nitrogens with zero attached hydrogens (tertiary/aromatic N) is 1. The van der Waals surface area contributed by atoms with E-state index in [1.807, 2.05) is 7.05 Å². The van der Waals surface area contributed by atoms with E-state index in [0.29, 0.717) is 0 Å². The van der Waals surface area contributed by atoms with Crippen LogP contribution in [0.5, 0.6) is 0 Å². The molecule has 0 saturated carbocycles. The summed E-state index contributed by atoms with van der Waals surface area (Å²) in [5.41, 5.74) is 3.23. The Hall–Kier alpha value is -1.20. The lowest BCUT2D eigenvalue weighted by atomic mass is 10.1. The number of amides is 1. The molecule has 1 fully saturated rings. The van der Waals surface area contributed by atoms with Crippen LogP contribution in [0, 0.1) is 0 Å². The molecule has 108 valence electrons. The summed E-state index contributed by atoms with van der Waals surface area (Å²) in [7, 11) is 1.82. The third-order valence-electron chi connectivity index (χ3n) is 4.12. The van der Waals surface area contributed by atoms with Crippen molar-refractivity contribution in [1.82, 2.24) is 5.32 Å². The fourth-order valence-electron chi connectivity index (χ4n) is 2.93. The molecule has 1 amide bonds. The van der Waals surface area contributed by atoms with Gasteiger partial charge >= 0.3 is 0 Å². The second-order valence-electron chi connectivity index (χ2n) is 5.33. The first-order chi connectivity index (χ1) is 9.72. The van der Waals surface area contributed by atoms with Crippen molar-refractivity contribution in [1.29, 1.82) is 0 Å². The highest BCUT2D eigenvalue weighted by Crippen LogP contribution is 2.35. The topological polar surface area (TPSA) is 44.4 Å². The van der Waals surface area contributed by atoms with Gasteiger partial charge in [-0.2, -0.15) is 11.8 Å². The van der Waals surface area contributed by atoms with E-state index in [0.717, 1.165) is 29.6 Å². The first kappa shape index (κ1) is 13.8. The van der Waals surface area contributed by atoms with E-state index >= 15 is 0 Å². The average molecular weight is 291 g/mol. The molecule has 1 saturated heterocycles. The van der Waals surface area contributed by atoms with Crippen LogP contribution in [0.15, 0.2) is 18.2 Å². The van der Waals surface area contributed by atoms with E-state index in [1.165, 1.54) is 17.9 Å². The van der Waals surface area contributed by atoms with E-state index in [1.54, 1.807) is 0 Å². The summed E-state index contributed by atoms with van der Waals surface area (Å²) in [5.74, 6) is 1.22. The fraction of sp³-hybridized carbons (Fsp3) is 0.533. The van der Waals surface area contributed by atoms with Gasteiger partial charge in [0.1, 0.15) is 6.04 Å². The standard InChI is InChI=1S/C15H21N3OS/c1-3-11-9-18(6-7-20-11)10-4-5-12-13(8-10)17-15(19)14(12)16-2/h4-5,8,11,14,16H,3,6-7,9H2,1-2H3,(H,17,19). The monoisotopic (exact) mass is 291 g/mol. The molecular formula is C15H21N3OS. The Morgan fingerprint density at radius 2 is 2.35 bits per heavy atom.